The predicted molar refractivity (Wildman–Crippen MR) is 39.6 cm³/mol. The van der Waals surface area contributed by atoms with Crippen LogP contribution < -0.4 is 5.73 Å². The van der Waals surface area contributed by atoms with Gasteiger partial charge in [0, 0.05) is 5.92 Å². The van der Waals surface area contributed by atoms with Gasteiger partial charge in [-0.05, 0) is 6.92 Å². The number of carbonyl (C=O) groups is 1. The minimum Gasteiger partial charge on any atom is -0.480 e. The summed E-state index contributed by atoms with van der Waals surface area (Å²) in [5.74, 6) is -1.22. The molecule has 0 aliphatic carbocycles. The lowest BCUT2D eigenvalue weighted by Crippen LogP contribution is -2.49. The number of nitrogens with two attached hydrogens (primary N) is 1. The first-order chi connectivity index (χ1) is 4.42. The summed E-state index contributed by atoms with van der Waals surface area (Å²) < 4.78 is 0. The standard InChI is InChI=1S/C7H13NO2/c1-4-5(2)7(3,8)6(9)10/h4-5H,1,8H2,2-3H3,(H,9,10)/t5-,7+/m1/s1. The molecule has 2 atom stereocenters. The molecule has 0 radical (unpaired) electrons. The van der Waals surface area contributed by atoms with E-state index in [4.69, 9.17) is 10.8 Å². The lowest BCUT2D eigenvalue weighted by Gasteiger charge is -2.23. The van der Waals surface area contributed by atoms with E-state index >= 15 is 0 Å². The summed E-state index contributed by atoms with van der Waals surface area (Å²) in [5, 5.41) is 8.57. The van der Waals surface area contributed by atoms with Crippen LogP contribution in [0.4, 0.5) is 0 Å². The number of hydrogen-bond acceptors (Lipinski definition) is 2. The molecule has 0 fully saturated rings. The largest absolute Gasteiger partial charge is 0.480 e. The molecule has 0 aliphatic heterocycles. The Morgan fingerprint density at radius 3 is 2.40 bits per heavy atom. The fourth-order valence-corrected chi connectivity index (χ4v) is 0.440. The maximum absolute atomic E-state index is 10.4. The zero-order chi connectivity index (χ0) is 8.36. The van der Waals surface area contributed by atoms with E-state index < -0.39 is 11.5 Å². The molecule has 0 saturated carbocycles. The third-order valence-corrected chi connectivity index (χ3v) is 1.76. The maximum atomic E-state index is 10.4. The topological polar surface area (TPSA) is 63.3 Å². The molecular weight excluding hydrogens is 130 g/mol. The smallest absolute Gasteiger partial charge is 0.323 e. The summed E-state index contributed by atoms with van der Waals surface area (Å²) in [4.78, 5) is 10.4. The fourth-order valence-electron chi connectivity index (χ4n) is 0.440. The minimum absolute atomic E-state index is 0.218. The molecule has 0 rings (SSSR count). The molecular formula is C7H13NO2. The van der Waals surface area contributed by atoms with Gasteiger partial charge in [-0.15, -0.1) is 6.58 Å². The van der Waals surface area contributed by atoms with Crippen molar-refractivity contribution in [3.05, 3.63) is 12.7 Å². The molecule has 58 valence electrons. The summed E-state index contributed by atoms with van der Waals surface area (Å²) >= 11 is 0. The zero-order valence-corrected chi connectivity index (χ0v) is 6.29. The predicted octanol–water partition coefficient (Wildman–Crippen LogP) is 0.611. The molecule has 0 amide bonds. The summed E-state index contributed by atoms with van der Waals surface area (Å²) in [6, 6.07) is 0. The Balaban J connectivity index is 4.38. The normalized spacial score (nSPS) is 19.1. The van der Waals surface area contributed by atoms with E-state index in [9.17, 15) is 4.79 Å². The minimum atomic E-state index is -1.19. The molecule has 3 heteroatoms. The fraction of sp³-hybridized carbons (Fsp3) is 0.571. The van der Waals surface area contributed by atoms with Gasteiger partial charge >= 0.3 is 5.97 Å². The number of hydrogen-bond donors (Lipinski definition) is 2. The molecule has 0 spiro atoms. The van der Waals surface area contributed by atoms with Crippen molar-refractivity contribution in [2.24, 2.45) is 11.7 Å². The molecule has 0 bridgehead atoms. The number of aliphatic carboxylic acids is 1. The van der Waals surface area contributed by atoms with Crippen LogP contribution in [-0.4, -0.2) is 16.6 Å². The molecule has 0 aromatic rings. The van der Waals surface area contributed by atoms with Gasteiger partial charge in [0.1, 0.15) is 5.54 Å². The number of rotatable bonds is 3. The van der Waals surface area contributed by atoms with E-state index in [2.05, 4.69) is 6.58 Å². The van der Waals surface area contributed by atoms with E-state index in [0.717, 1.165) is 0 Å². The van der Waals surface area contributed by atoms with Crippen LogP contribution in [0.1, 0.15) is 13.8 Å². The average molecular weight is 143 g/mol. The molecule has 0 unspecified atom stereocenters. The van der Waals surface area contributed by atoms with Crippen molar-refractivity contribution in [2.45, 2.75) is 19.4 Å². The molecule has 3 N–H and O–H groups in total. The Bertz CT molecular complexity index is 152. The lowest BCUT2D eigenvalue weighted by atomic mass is 9.88. The Hall–Kier alpha value is -0.830. The third kappa shape index (κ3) is 1.57. The van der Waals surface area contributed by atoms with Crippen LogP contribution in [0.3, 0.4) is 0 Å². The maximum Gasteiger partial charge on any atom is 0.323 e. The first-order valence-corrected chi connectivity index (χ1v) is 3.07. The highest BCUT2D eigenvalue weighted by Crippen LogP contribution is 2.14. The Kier molecular flexibility index (Phi) is 2.60. The molecule has 0 saturated heterocycles. The van der Waals surface area contributed by atoms with Crippen molar-refractivity contribution >= 4 is 5.97 Å². The van der Waals surface area contributed by atoms with Crippen LogP contribution >= 0.6 is 0 Å². The monoisotopic (exact) mass is 143 g/mol. The van der Waals surface area contributed by atoms with Gasteiger partial charge < -0.3 is 10.8 Å². The van der Waals surface area contributed by atoms with Crippen LogP contribution in [0.5, 0.6) is 0 Å². The van der Waals surface area contributed by atoms with Gasteiger partial charge in [-0.2, -0.15) is 0 Å². The summed E-state index contributed by atoms with van der Waals surface area (Å²) in [5.41, 5.74) is 4.25. The quantitative estimate of drug-likeness (QED) is 0.569. The third-order valence-electron chi connectivity index (χ3n) is 1.76. The molecule has 0 aromatic carbocycles. The van der Waals surface area contributed by atoms with Crippen LogP contribution in [0.25, 0.3) is 0 Å². The van der Waals surface area contributed by atoms with E-state index in [0.29, 0.717) is 0 Å². The van der Waals surface area contributed by atoms with E-state index in [-0.39, 0.29) is 5.92 Å². The van der Waals surface area contributed by atoms with Crippen molar-refractivity contribution < 1.29 is 9.90 Å². The molecule has 10 heavy (non-hydrogen) atoms. The average Bonchev–Trinajstić information content (AvgIpc) is 1.86. The lowest BCUT2D eigenvalue weighted by molar-refractivity contribution is -0.143. The van der Waals surface area contributed by atoms with Crippen LogP contribution in [0, 0.1) is 5.92 Å². The van der Waals surface area contributed by atoms with Gasteiger partial charge in [0.2, 0.25) is 0 Å². The second-order valence-corrected chi connectivity index (χ2v) is 2.61. The first-order valence-electron chi connectivity index (χ1n) is 3.07. The van der Waals surface area contributed by atoms with Crippen molar-refractivity contribution in [2.75, 3.05) is 0 Å². The van der Waals surface area contributed by atoms with Gasteiger partial charge in [0.05, 0.1) is 0 Å². The van der Waals surface area contributed by atoms with Gasteiger partial charge in [-0.1, -0.05) is 13.0 Å². The van der Waals surface area contributed by atoms with Crippen LogP contribution in [0.15, 0.2) is 12.7 Å². The second-order valence-electron chi connectivity index (χ2n) is 2.61. The Morgan fingerprint density at radius 2 is 2.30 bits per heavy atom. The van der Waals surface area contributed by atoms with Crippen LogP contribution in [-0.2, 0) is 4.79 Å². The summed E-state index contributed by atoms with van der Waals surface area (Å²) in [6.45, 7) is 6.66. The Morgan fingerprint density at radius 1 is 1.90 bits per heavy atom. The van der Waals surface area contributed by atoms with E-state index in [1.165, 1.54) is 13.0 Å². The van der Waals surface area contributed by atoms with Gasteiger partial charge in [-0.3, -0.25) is 4.79 Å². The first kappa shape index (κ1) is 9.17. The second kappa shape index (κ2) is 2.84. The van der Waals surface area contributed by atoms with Gasteiger partial charge in [-0.25, -0.2) is 0 Å². The molecule has 3 nitrogen and oxygen atoms in total. The number of carboxylic acids is 1. The van der Waals surface area contributed by atoms with Gasteiger partial charge in [0.15, 0.2) is 0 Å². The van der Waals surface area contributed by atoms with Crippen molar-refractivity contribution in [3.63, 3.8) is 0 Å². The van der Waals surface area contributed by atoms with Crippen molar-refractivity contribution in [1.82, 2.24) is 0 Å². The molecule has 0 heterocycles. The Labute approximate surface area is 60.5 Å². The summed E-state index contributed by atoms with van der Waals surface area (Å²) in [6.07, 6.45) is 1.54. The highest BCUT2D eigenvalue weighted by molar-refractivity contribution is 5.78. The summed E-state index contributed by atoms with van der Waals surface area (Å²) in [7, 11) is 0. The zero-order valence-electron chi connectivity index (χ0n) is 6.29. The molecule has 0 aromatic heterocycles. The van der Waals surface area contributed by atoms with E-state index in [1.54, 1.807) is 6.92 Å². The molecule has 0 aliphatic rings. The van der Waals surface area contributed by atoms with Crippen LogP contribution in [0.2, 0.25) is 0 Å². The van der Waals surface area contributed by atoms with Crippen molar-refractivity contribution in [3.8, 4) is 0 Å². The van der Waals surface area contributed by atoms with Gasteiger partial charge in [0.25, 0.3) is 0 Å². The van der Waals surface area contributed by atoms with Crippen molar-refractivity contribution in [1.29, 1.82) is 0 Å². The SMILES string of the molecule is C=C[C@@H](C)[C@](C)(N)C(=O)O. The highest BCUT2D eigenvalue weighted by Gasteiger charge is 2.32. The highest BCUT2D eigenvalue weighted by atomic mass is 16.4. The number of carboxylic acid groups (broad SMARTS) is 1. The van der Waals surface area contributed by atoms with E-state index in [1.807, 2.05) is 0 Å².